The van der Waals surface area contributed by atoms with Crippen LogP contribution in [0.3, 0.4) is 0 Å². The van der Waals surface area contributed by atoms with Gasteiger partial charge in [-0.15, -0.1) is 0 Å². The molecule has 1 amide bonds. The number of hydrogen-bond donors (Lipinski definition) is 0. The Hall–Kier alpha value is -3.70. The van der Waals surface area contributed by atoms with E-state index in [1.807, 2.05) is 59.3 Å². The van der Waals surface area contributed by atoms with E-state index >= 15 is 0 Å². The Balaban J connectivity index is 1.59. The van der Waals surface area contributed by atoms with Gasteiger partial charge in [-0.2, -0.15) is 5.10 Å². The average Bonchev–Trinajstić information content (AvgIpc) is 3.23. The summed E-state index contributed by atoms with van der Waals surface area (Å²) in [5.74, 6) is 0.0185. The lowest BCUT2D eigenvalue weighted by atomic mass is 10.1. The zero-order chi connectivity index (χ0) is 22.5. The van der Waals surface area contributed by atoms with Gasteiger partial charge in [0.05, 0.1) is 11.4 Å². The summed E-state index contributed by atoms with van der Waals surface area (Å²) < 4.78 is 1.95. The van der Waals surface area contributed by atoms with Crippen LogP contribution in [0.1, 0.15) is 21.5 Å². The highest BCUT2D eigenvalue weighted by molar-refractivity contribution is 5.94. The third-order valence-electron chi connectivity index (χ3n) is 5.33. The summed E-state index contributed by atoms with van der Waals surface area (Å²) >= 11 is 0. The minimum atomic E-state index is 0.0185. The Morgan fingerprint density at radius 3 is 2.22 bits per heavy atom. The fourth-order valence-corrected chi connectivity index (χ4v) is 3.80. The Kier molecular flexibility index (Phi) is 6.47. The summed E-state index contributed by atoms with van der Waals surface area (Å²) in [4.78, 5) is 16.2. The third-order valence-corrected chi connectivity index (χ3v) is 5.33. The van der Waals surface area contributed by atoms with Gasteiger partial charge in [0, 0.05) is 50.1 Å². The molecule has 0 radical (unpaired) electrons. The maximum Gasteiger partial charge on any atom is 0.253 e. The van der Waals surface area contributed by atoms with Crippen molar-refractivity contribution in [3.8, 4) is 16.9 Å². The van der Waals surface area contributed by atoms with Crippen LogP contribution >= 0.6 is 0 Å². The van der Waals surface area contributed by atoms with Gasteiger partial charge < -0.3 is 4.90 Å². The van der Waals surface area contributed by atoms with Crippen LogP contribution in [0.5, 0.6) is 0 Å². The summed E-state index contributed by atoms with van der Waals surface area (Å²) in [5, 5.41) is 4.91. The molecule has 0 aliphatic heterocycles. The Morgan fingerprint density at radius 1 is 0.844 bits per heavy atom. The van der Waals surface area contributed by atoms with Crippen LogP contribution < -0.4 is 0 Å². The van der Waals surface area contributed by atoms with Crippen molar-refractivity contribution in [2.45, 2.75) is 13.1 Å². The molecule has 5 nitrogen and oxygen atoms in total. The molecular weight excluding hydrogens is 396 g/mol. The van der Waals surface area contributed by atoms with Gasteiger partial charge in [-0.3, -0.25) is 9.69 Å². The van der Waals surface area contributed by atoms with Gasteiger partial charge >= 0.3 is 0 Å². The van der Waals surface area contributed by atoms with Crippen molar-refractivity contribution in [1.82, 2.24) is 19.6 Å². The van der Waals surface area contributed by atoms with Gasteiger partial charge in [0.1, 0.15) is 0 Å². The lowest BCUT2D eigenvalue weighted by Gasteiger charge is -2.18. The van der Waals surface area contributed by atoms with Crippen LogP contribution in [0, 0.1) is 0 Å². The molecule has 3 aromatic carbocycles. The van der Waals surface area contributed by atoms with Crippen LogP contribution in [0.25, 0.3) is 16.9 Å². The van der Waals surface area contributed by atoms with Crippen LogP contribution in [0.4, 0.5) is 0 Å². The predicted octanol–water partition coefficient (Wildman–Crippen LogP) is 4.87. The van der Waals surface area contributed by atoms with E-state index in [4.69, 9.17) is 5.10 Å². The first-order chi connectivity index (χ1) is 15.5. The SMILES string of the molecule is CN(Cc1cccc(C(=O)N(C)C)c1)Cc1cn(-c2ccccc2)nc1-c1ccccc1. The molecule has 4 rings (SSSR count). The highest BCUT2D eigenvalue weighted by atomic mass is 16.2. The number of amides is 1. The van der Waals surface area contributed by atoms with Gasteiger partial charge in [0.15, 0.2) is 0 Å². The van der Waals surface area contributed by atoms with E-state index < -0.39 is 0 Å². The van der Waals surface area contributed by atoms with E-state index in [0.29, 0.717) is 5.56 Å². The number of hydrogen-bond acceptors (Lipinski definition) is 3. The zero-order valence-corrected chi connectivity index (χ0v) is 18.8. The average molecular weight is 425 g/mol. The molecule has 0 bridgehead atoms. The third kappa shape index (κ3) is 4.95. The standard InChI is InChI=1S/C27H28N4O/c1-29(2)27(32)23-14-10-11-21(17-23)18-30(3)19-24-20-31(25-15-8-5-9-16-25)28-26(24)22-12-6-4-7-13-22/h4-17,20H,18-19H2,1-3H3. The lowest BCUT2D eigenvalue weighted by Crippen LogP contribution is -2.22. The molecule has 0 spiro atoms. The summed E-state index contributed by atoms with van der Waals surface area (Å²) in [6.07, 6.45) is 2.11. The maximum atomic E-state index is 12.3. The first-order valence-corrected chi connectivity index (χ1v) is 10.7. The van der Waals surface area contributed by atoms with E-state index in [2.05, 4.69) is 48.5 Å². The van der Waals surface area contributed by atoms with Gasteiger partial charge in [-0.25, -0.2) is 4.68 Å². The van der Waals surface area contributed by atoms with Crippen molar-refractivity contribution >= 4 is 5.91 Å². The number of nitrogens with zero attached hydrogens (tertiary/aromatic N) is 4. The van der Waals surface area contributed by atoms with Crippen molar-refractivity contribution in [1.29, 1.82) is 0 Å². The molecule has 0 N–H and O–H groups in total. The molecule has 0 saturated carbocycles. The molecule has 0 aliphatic carbocycles. The van der Waals surface area contributed by atoms with Crippen molar-refractivity contribution in [3.05, 3.63) is 108 Å². The number of carbonyl (C=O) groups is 1. The Bertz CT molecular complexity index is 1180. The monoisotopic (exact) mass is 424 g/mol. The first kappa shape index (κ1) is 21.5. The normalized spacial score (nSPS) is 11.0. The molecule has 1 aromatic heterocycles. The smallest absolute Gasteiger partial charge is 0.253 e. The minimum absolute atomic E-state index is 0.0185. The second-order valence-electron chi connectivity index (χ2n) is 8.22. The molecule has 0 aliphatic rings. The van der Waals surface area contributed by atoms with Crippen LogP contribution in [-0.4, -0.2) is 46.6 Å². The van der Waals surface area contributed by atoms with Gasteiger partial charge in [0.2, 0.25) is 0 Å². The van der Waals surface area contributed by atoms with Crippen LogP contribution in [-0.2, 0) is 13.1 Å². The molecule has 4 aromatic rings. The summed E-state index contributed by atoms with van der Waals surface area (Å²) in [7, 11) is 5.64. The fourth-order valence-electron chi connectivity index (χ4n) is 3.80. The highest BCUT2D eigenvalue weighted by Gasteiger charge is 2.15. The molecular formula is C27H28N4O. The molecule has 0 fully saturated rings. The number of carbonyl (C=O) groups excluding carboxylic acids is 1. The summed E-state index contributed by atoms with van der Waals surface area (Å²) in [5.41, 5.74) is 6.10. The van der Waals surface area contributed by atoms with Gasteiger partial charge in [-0.05, 0) is 36.9 Å². The van der Waals surface area contributed by atoms with Crippen molar-refractivity contribution in [2.75, 3.05) is 21.1 Å². The van der Waals surface area contributed by atoms with Gasteiger partial charge in [-0.1, -0.05) is 60.7 Å². The van der Waals surface area contributed by atoms with E-state index in [1.54, 1.807) is 19.0 Å². The summed E-state index contributed by atoms with van der Waals surface area (Å²) in [6.45, 7) is 1.47. The predicted molar refractivity (Wildman–Crippen MR) is 129 cm³/mol. The topological polar surface area (TPSA) is 41.4 Å². The number of para-hydroxylation sites is 1. The largest absolute Gasteiger partial charge is 0.345 e. The highest BCUT2D eigenvalue weighted by Crippen LogP contribution is 2.25. The van der Waals surface area contributed by atoms with E-state index in [9.17, 15) is 4.79 Å². The van der Waals surface area contributed by atoms with Crippen molar-refractivity contribution in [2.24, 2.45) is 0 Å². The molecule has 0 unspecified atom stereocenters. The quantitative estimate of drug-likeness (QED) is 0.425. The van der Waals surface area contributed by atoms with Crippen molar-refractivity contribution < 1.29 is 4.79 Å². The second kappa shape index (κ2) is 9.62. The second-order valence-corrected chi connectivity index (χ2v) is 8.22. The fraction of sp³-hybridized carbons (Fsp3) is 0.185. The summed E-state index contributed by atoms with van der Waals surface area (Å²) in [6, 6.07) is 28.3. The zero-order valence-electron chi connectivity index (χ0n) is 18.8. The number of rotatable bonds is 7. The van der Waals surface area contributed by atoms with Crippen molar-refractivity contribution in [3.63, 3.8) is 0 Å². The molecule has 0 atom stereocenters. The molecule has 1 heterocycles. The number of aromatic nitrogens is 2. The molecule has 162 valence electrons. The first-order valence-electron chi connectivity index (χ1n) is 10.7. The van der Waals surface area contributed by atoms with E-state index in [1.165, 1.54) is 0 Å². The maximum absolute atomic E-state index is 12.3. The Labute approximate surface area is 189 Å². The molecule has 0 saturated heterocycles. The van der Waals surface area contributed by atoms with Crippen LogP contribution in [0.15, 0.2) is 91.1 Å². The molecule has 5 heteroatoms. The number of benzene rings is 3. The van der Waals surface area contributed by atoms with Gasteiger partial charge in [0.25, 0.3) is 5.91 Å². The minimum Gasteiger partial charge on any atom is -0.345 e. The van der Waals surface area contributed by atoms with Crippen LogP contribution in [0.2, 0.25) is 0 Å². The molecule has 32 heavy (non-hydrogen) atoms. The Morgan fingerprint density at radius 2 is 1.53 bits per heavy atom. The van der Waals surface area contributed by atoms with E-state index in [0.717, 1.165) is 41.2 Å². The lowest BCUT2D eigenvalue weighted by molar-refractivity contribution is 0.0827. The van der Waals surface area contributed by atoms with E-state index in [-0.39, 0.29) is 5.91 Å².